The number of benzene rings is 2. The predicted octanol–water partition coefficient (Wildman–Crippen LogP) is 2.73. The quantitative estimate of drug-likeness (QED) is 0.566. The average molecular weight is 446 g/mol. The summed E-state index contributed by atoms with van der Waals surface area (Å²) in [5.41, 5.74) is 1.04. The summed E-state index contributed by atoms with van der Waals surface area (Å²) < 4.78 is 25.9. The van der Waals surface area contributed by atoms with Gasteiger partial charge in [0.05, 0.1) is 12.0 Å². The van der Waals surface area contributed by atoms with Crippen LogP contribution in [0.15, 0.2) is 53.4 Å². The van der Waals surface area contributed by atoms with Gasteiger partial charge in [-0.2, -0.15) is 0 Å². The van der Waals surface area contributed by atoms with Crippen LogP contribution in [0.3, 0.4) is 0 Å². The highest BCUT2D eigenvalue weighted by Crippen LogP contribution is 2.18. The average Bonchev–Trinajstić information content (AvgIpc) is 2.54. The zero-order chi connectivity index (χ0) is 17.0. The van der Waals surface area contributed by atoms with Crippen LogP contribution in [-0.4, -0.2) is 33.0 Å². The molecule has 1 N–H and O–H groups in total. The van der Waals surface area contributed by atoms with Crippen LogP contribution in [0.5, 0.6) is 0 Å². The van der Waals surface area contributed by atoms with E-state index in [0.29, 0.717) is 11.3 Å². The molecule has 0 aliphatic carbocycles. The van der Waals surface area contributed by atoms with Gasteiger partial charge in [0, 0.05) is 21.9 Å². The molecule has 23 heavy (non-hydrogen) atoms. The molecule has 0 aromatic heterocycles. The number of nitrogens with zero attached hydrogens (tertiary/aromatic N) is 1. The van der Waals surface area contributed by atoms with Crippen molar-refractivity contribution in [2.45, 2.75) is 4.90 Å². The first kappa shape index (κ1) is 17.9. The van der Waals surface area contributed by atoms with Crippen LogP contribution in [0, 0.1) is 3.57 Å². The van der Waals surface area contributed by atoms with Gasteiger partial charge in [0.2, 0.25) is 0 Å². The van der Waals surface area contributed by atoms with E-state index in [1.165, 1.54) is 38.4 Å². The number of amides is 1. The Balaban J connectivity index is 2.16. The van der Waals surface area contributed by atoms with Crippen molar-refractivity contribution in [3.05, 3.63) is 57.7 Å². The zero-order valence-electron chi connectivity index (χ0n) is 12.5. The highest BCUT2D eigenvalue weighted by Gasteiger charge is 2.20. The lowest BCUT2D eigenvalue weighted by Gasteiger charge is -2.14. The van der Waals surface area contributed by atoms with Gasteiger partial charge in [-0.25, -0.2) is 8.42 Å². The van der Waals surface area contributed by atoms with Crippen LogP contribution >= 0.6 is 22.6 Å². The summed E-state index contributed by atoms with van der Waals surface area (Å²) in [7, 11) is -1.12. The molecule has 2 aromatic carbocycles. The molecule has 0 saturated carbocycles. The number of rotatable bonds is 5. The molecule has 0 spiro atoms. The first-order valence-electron chi connectivity index (χ1n) is 6.54. The monoisotopic (exact) mass is 446 g/mol. The van der Waals surface area contributed by atoms with E-state index in [9.17, 15) is 13.2 Å². The summed E-state index contributed by atoms with van der Waals surface area (Å²) in [6, 6.07) is 13.1. The number of sulfonamides is 1. The molecule has 6 nitrogen and oxygen atoms in total. The summed E-state index contributed by atoms with van der Waals surface area (Å²) in [6.07, 6.45) is 0. The van der Waals surface area contributed by atoms with E-state index in [2.05, 4.69) is 27.9 Å². The van der Waals surface area contributed by atoms with E-state index in [1.807, 2.05) is 6.07 Å². The lowest BCUT2D eigenvalue weighted by molar-refractivity contribution is -0.0258. The number of carbonyl (C=O) groups is 1. The lowest BCUT2D eigenvalue weighted by Crippen LogP contribution is -2.25. The highest BCUT2D eigenvalue weighted by atomic mass is 127. The van der Waals surface area contributed by atoms with Gasteiger partial charge in [-0.05, 0) is 65.1 Å². The third-order valence-corrected chi connectivity index (χ3v) is 5.46. The smallest absolute Gasteiger partial charge is 0.264 e. The van der Waals surface area contributed by atoms with Crippen molar-refractivity contribution in [1.82, 2.24) is 4.47 Å². The third-order valence-electron chi connectivity index (χ3n) is 3.09. The minimum atomic E-state index is -3.69. The summed E-state index contributed by atoms with van der Waals surface area (Å²) >= 11 is 2.13. The van der Waals surface area contributed by atoms with Crippen LogP contribution in [0.4, 0.5) is 5.69 Å². The topological polar surface area (TPSA) is 75.7 Å². The predicted molar refractivity (Wildman–Crippen MR) is 95.5 cm³/mol. The molecule has 0 heterocycles. The van der Waals surface area contributed by atoms with E-state index >= 15 is 0 Å². The second kappa shape index (κ2) is 7.39. The first-order chi connectivity index (χ1) is 10.8. The number of anilines is 1. The second-order valence-electron chi connectivity index (χ2n) is 4.59. The maximum absolute atomic E-state index is 12.1. The molecule has 0 unspecified atom stereocenters. The number of nitrogens with one attached hydrogen (secondary N) is 1. The Bertz CT molecular complexity index is 806. The van der Waals surface area contributed by atoms with Gasteiger partial charge in [0.1, 0.15) is 0 Å². The van der Waals surface area contributed by atoms with Crippen molar-refractivity contribution in [2.24, 2.45) is 0 Å². The number of hydrogen-bond donors (Lipinski definition) is 1. The van der Waals surface area contributed by atoms with Gasteiger partial charge in [-0.15, -0.1) is 0 Å². The van der Waals surface area contributed by atoms with Gasteiger partial charge in [0.15, 0.2) is 0 Å². The Labute approximate surface area is 148 Å². The molecule has 2 aromatic rings. The van der Waals surface area contributed by atoms with Crippen molar-refractivity contribution < 1.29 is 18.0 Å². The standard InChI is InChI=1S/C15H15IN2O4S/c1-18(22-2)23(20,21)14-8-6-13(7-9-14)17-15(19)11-4-3-5-12(16)10-11/h3-10H,1-2H3,(H,17,19). The molecular formula is C15H15IN2O4S. The molecule has 122 valence electrons. The third kappa shape index (κ3) is 4.28. The van der Waals surface area contributed by atoms with Crippen LogP contribution in [-0.2, 0) is 14.9 Å². The molecule has 2 rings (SSSR count). The molecule has 0 aliphatic heterocycles. The molecule has 8 heteroatoms. The molecule has 0 aliphatic rings. The Morgan fingerprint density at radius 3 is 2.39 bits per heavy atom. The van der Waals surface area contributed by atoms with E-state index in [4.69, 9.17) is 4.84 Å². The molecule has 0 fully saturated rings. The van der Waals surface area contributed by atoms with E-state index in [0.717, 1.165) is 8.04 Å². The van der Waals surface area contributed by atoms with Gasteiger partial charge in [-0.1, -0.05) is 10.5 Å². The van der Waals surface area contributed by atoms with Gasteiger partial charge in [0.25, 0.3) is 15.9 Å². The van der Waals surface area contributed by atoms with Crippen LogP contribution in [0.25, 0.3) is 0 Å². The number of halogens is 1. The van der Waals surface area contributed by atoms with Crippen LogP contribution < -0.4 is 5.32 Å². The summed E-state index contributed by atoms with van der Waals surface area (Å²) in [5.74, 6) is -0.256. The van der Waals surface area contributed by atoms with Crippen molar-refractivity contribution in [2.75, 3.05) is 19.5 Å². The molecule has 1 amide bonds. The Morgan fingerprint density at radius 2 is 1.83 bits per heavy atom. The fourth-order valence-electron chi connectivity index (χ4n) is 1.79. The second-order valence-corrected chi connectivity index (χ2v) is 7.77. The van der Waals surface area contributed by atoms with Crippen LogP contribution in [0.1, 0.15) is 10.4 Å². The normalized spacial score (nSPS) is 11.5. The number of hydrogen-bond acceptors (Lipinski definition) is 4. The number of hydroxylamine groups is 1. The fourth-order valence-corrected chi connectivity index (χ4v) is 3.31. The van der Waals surface area contributed by atoms with E-state index in [-0.39, 0.29) is 10.8 Å². The van der Waals surface area contributed by atoms with Crippen molar-refractivity contribution >= 4 is 44.2 Å². The fraction of sp³-hybridized carbons (Fsp3) is 0.133. The van der Waals surface area contributed by atoms with Gasteiger partial charge in [-0.3, -0.25) is 9.63 Å². The Kier molecular flexibility index (Phi) is 5.74. The van der Waals surface area contributed by atoms with Crippen molar-refractivity contribution in [1.29, 1.82) is 0 Å². The SMILES string of the molecule is CON(C)S(=O)(=O)c1ccc(NC(=O)c2cccc(I)c2)cc1. The highest BCUT2D eigenvalue weighted by molar-refractivity contribution is 14.1. The zero-order valence-corrected chi connectivity index (χ0v) is 15.5. The van der Waals surface area contributed by atoms with Gasteiger partial charge < -0.3 is 5.32 Å². The lowest BCUT2D eigenvalue weighted by atomic mass is 10.2. The largest absolute Gasteiger partial charge is 0.322 e. The van der Waals surface area contributed by atoms with Crippen molar-refractivity contribution in [3.8, 4) is 0 Å². The van der Waals surface area contributed by atoms with Gasteiger partial charge >= 0.3 is 0 Å². The molecule has 0 radical (unpaired) electrons. The van der Waals surface area contributed by atoms with E-state index in [1.54, 1.807) is 18.2 Å². The van der Waals surface area contributed by atoms with Crippen molar-refractivity contribution in [3.63, 3.8) is 0 Å². The maximum Gasteiger partial charge on any atom is 0.264 e. The summed E-state index contributed by atoms with van der Waals surface area (Å²) in [4.78, 5) is 16.9. The minimum absolute atomic E-state index is 0.0779. The molecular weight excluding hydrogens is 431 g/mol. The van der Waals surface area contributed by atoms with Crippen LogP contribution in [0.2, 0.25) is 0 Å². The van der Waals surface area contributed by atoms with E-state index < -0.39 is 10.0 Å². The number of carbonyl (C=O) groups excluding carboxylic acids is 1. The summed E-state index contributed by atoms with van der Waals surface area (Å²) in [5, 5.41) is 2.73. The molecule has 0 bridgehead atoms. The Morgan fingerprint density at radius 1 is 1.17 bits per heavy atom. The summed E-state index contributed by atoms with van der Waals surface area (Å²) in [6.45, 7) is 0. The molecule has 0 atom stereocenters. The Hall–Kier alpha value is -1.49. The minimum Gasteiger partial charge on any atom is -0.322 e. The molecule has 0 saturated heterocycles. The maximum atomic E-state index is 12.1. The first-order valence-corrected chi connectivity index (χ1v) is 9.06.